The molecule has 0 amide bonds. The van der Waals surface area contributed by atoms with Crippen molar-refractivity contribution >= 4 is 21.4 Å². The number of nitrogens with zero attached hydrogens (tertiary/aromatic N) is 2. The SMILES string of the molecule is COc1ccc(N2CCN(C)CC2)cc1NS(C)(=O)=O. The van der Waals surface area contributed by atoms with Crippen molar-refractivity contribution in [1.82, 2.24) is 4.90 Å². The van der Waals surface area contributed by atoms with E-state index in [2.05, 4.69) is 21.6 Å². The first-order chi connectivity index (χ1) is 9.39. The summed E-state index contributed by atoms with van der Waals surface area (Å²) in [6.45, 7) is 3.87. The molecule has 0 aromatic heterocycles. The molecular weight excluding hydrogens is 278 g/mol. The van der Waals surface area contributed by atoms with Gasteiger partial charge in [-0.15, -0.1) is 0 Å². The maximum atomic E-state index is 11.4. The molecule has 7 heteroatoms. The Labute approximate surface area is 120 Å². The summed E-state index contributed by atoms with van der Waals surface area (Å²) in [6, 6.07) is 5.57. The first-order valence-electron chi connectivity index (χ1n) is 6.48. The Kier molecular flexibility index (Phi) is 4.39. The number of nitrogens with one attached hydrogen (secondary N) is 1. The van der Waals surface area contributed by atoms with Gasteiger partial charge in [0.2, 0.25) is 10.0 Å². The summed E-state index contributed by atoms with van der Waals surface area (Å²) in [6.07, 6.45) is 1.13. The molecule has 112 valence electrons. The molecular formula is C13H21N3O3S. The third-order valence-electron chi connectivity index (χ3n) is 3.35. The van der Waals surface area contributed by atoms with Crippen LogP contribution in [0.3, 0.4) is 0 Å². The Morgan fingerprint density at radius 1 is 1.20 bits per heavy atom. The number of likely N-dealkylation sites (N-methyl/N-ethyl adjacent to an activating group) is 1. The minimum Gasteiger partial charge on any atom is -0.495 e. The van der Waals surface area contributed by atoms with Crippen LogP contribution in [0, 0.1) is 0 Å². The van der Waals surface area contributed by atoms with Gasteiger partial charge in [-0.2, -0.15) is 0 Å². The van der Waals surface area contributed by atoms with Crippen LogP contribution in [0.1, 0.15) is 0 Å². The monoisotopic (exact) mass is 299 g/mol. The van der Waals surface area contributed by atoms with Gasteiger partial charge < -0.3 is 14.5 Å². The second-order valence-electron chi connectivity index (χ2n) is 5.05. The summed E-state index contributed by atoms with van der Waals surface area (Å²) >= 11 is 0. The van der Waals surface area contributed by atoms with E-state index in [0.29, 0.717) is 11.4 Å². The minimum atomic E-state index is -3.32. The molecule has 0 unspecified atom stereocenters. The molecule has 0 atom stereocenters. The average Bonchev–Trinajstić information content (AvgIpc) is 2.37. The molecule has 1 fully saturated rings. The zero-order valence-electron chi connectivity index (χ0n) is 12.1. The Bertz CT molecular complexity index is 566. The van der Waals surface area contributed by atoms with E-state index in [-0.39, 0.29) is 0 Å². The van der Waals surface area contributed by atoms with E-state index < -0.39 is 10.0 Å². The van der Waals surface area contributed by atoms with E-state index in [0.717, 1.165) is 38.1 Å². The lowest BCUT2D eigenvalue weighted by molar-refractivity contribution is 0.313. The smallest absolute Gasteiger partial charge is 0.229 e. The summed E-state index contributed by atoms with van der Waals surface area (Å²) < 4.78 is 30.5. The summed E-state index contributed by atoms with van der Waals surface area (Å²) in [5, 5.41) is 0. The highest BCUT2D eigenvalue weighted by atomic mass is 32.2. The molecule has 0 saturated carbocycles. The van der Waals surface area contributed by atoms with Crippen LogP contribution in [0.2, 0.25) is 0 Å². The van der Waals surface area contributed by atoms with Crippen LogP contribution in [0.5, 0.6) is 5.75 Å². The highest BCUT2D eigenvalue weighted by Crippen LogP contribution is 2.30. The maximum Gasteiger partial charge on any atom is 0.229 e. The number of rotatable bonds is 4. The Hall–Kier alpha value is -1.47. The van der Waals surface area contributed by atoms with E-state index in [4.69, 9.17) is 4.74 Å². The van der Waals surface area contributed by atoms with Gasteiger partial charge in [0.25, 0.3) is 0 Å². The third kappa shape index (κ3) is 3.77. The lowest BCUT2D eigenvalue weighted by Gasteiger charge is -2.34. The molecule has 20 heavy (non-hydrogen) atoms. The van der Waals surface area contributed by atoms with Crippen molar-refractivity contribution in [3.05, 3.63) is 18.2 Å². The fourth-order valence-corrected chi connectivity index (χ4v) is 2.80. The van der Waals surface area contributed by atoms with Gasteiger partial charge in [-0.05, 0) is 25.2 Å². The molecule has 0 radical (unpaired) electrons. The first kappa shape index (κ1) is 14.9. The predicted molar refractivity (Wildman–Crippen MR) is 81.2 cm³/mol. The minimum absolute atomic E-state index is 0.478. The second-order valence-corrected chi connectivity index (χ2v) is 6.80. The quantitative estimate of drug-likeness (QED) is 0.892. The highest BCUT2D eigenvalue weighted by Gasteiger charge is 2.16. The van der Waals surface area contributed by atoms with Gasteiger partial charge in [0.15, 0.2) is 0 Å². The number of piperazine rings is 1. The van der Waals surface area contributed by atoms with E-state index in [1.54, 1.807) is 6.07 Å². The maximum absolute atomic E-state index is 11.4. The third-order valence-corrected chi connectivity index (χ3v) is 3.94. The van der Waals surface area contributed by atoms with Crippen LogP contribution in [0.25, 0.3) is 0 Å². The number of sulfonamides is 1. The van der Waals surface area contributed by atoms with Crippen LogP contribution < -0.4 is 14.4 Å². The molecule has 1 N–H and O–H groups in total. The van der Waals surface area contributed by atoms with Crippen molar-refractivity contribution in [3.8, 4) is 5.75 Å². The van der Waals surface area contributed by atoms with Gasteiger partial charge >= 0.3 is 0 Å². The summed E-state index contributed by atoms with van der Waals surface area (Å²) in [4.78, 5) is 4.52. The van der Waals surface area contributed by atoms with Gasteiger partial charge in [-0.25, -0.2) is 8.42 Å². The van der Waals surface area contributed by atoms with Crippen LogP contribution in [0.4, 0.5) is 11.4 Å². The number of anilines is 2. The summed E-state index contributed by atoms with van der Waals surface area (Å²) in [5.41, 5.74) is 1.48. The molecule has 1 aromatic carbocycles. The molecule has 1 aliphatic heterocycles. The van der Waals surface area contributed by atoms with Crippen LogP contribution in [-0.2, 0) is 10.0 Å². The molecule has 1 aromatic rings. The molecule has 1 heterocycles. The van der Waals surface area contributed by atoms with Gasteiger partial charge in [0.05, 0.1) is 19.1 Å². The molecule has 1 saturated heterocycles. The molecule has 0 bridgehead atoms. The molecule has 1 aliphatic rings. The van der Waals surface area contributed by atoms with Crippen molar-refractivity contribution in [3.63, 3.8) is 0 Å². The number of methoxy groups -OCH3 is 1. The van der Waals surface area contributed by atoms with Crippen molar-refractivity contribution in [2.24, 2.45) is 0 Å². The molecule has 6 nitrogen and oxygen atoms in total. The van der Waals surface area contributed by atoms with Crippen molar-refractivity contribution in [2.45, 2.75) is 0 Å². The fourth-order valence-electron chi connectivity index (χ4n) is 2.24. The average molecular weight is 299 g/mol. The highest BCUT2D eigenvalue weighted by molar-refractivity contribution is 7.92. The van der Waals surface area contributed by atoms with E-state index in [9.17, 15) is 8.42 Å². The Morgan fingerprint density at radius 2 is 1.85 bits per heavy atom. The van der Waals surface area contributed by atoms with Crippen LogP contribution in [0.15, 0.2) is 18.2 Å². The molecule has 0 spiro atoms. The summed E-state index contributed by atoms with van der Waals surface area (Å²) in [7, 11) is 0.303. The van der Waals surface area contributed by atoms with E-state index in [1.807, 2.05) is 12.1 Å². The summed E-state index contributed by atoms with van der Waals surface area (Å²) in [5.74, 6) is 0.522. The predicted octanol–water partition coefficient (Wildman–Crippen LogP) is 0.819. The number of benzene rings is 1. The van der Waals surface area contributed by atoms with Gasteiger partial charge in [-0.3, -0.25) is 4.72 Å². The fraction of sp³-hybridized carbons (Fsp3) is 0.538. The second kappa shape index (κ2) is 5.88. The van der Waals surface area contributed by atoms with Crippen molar-refractivity contribution < 1.29 is 13.2 Å². The van der Waals surface area contributed by atoms with E-state index >= 15 is 0 Å². The van der Waals surface area contributed by atoms with Gasteiger partial charge in [0.1, 0.15) is 5.75 Å². The lowest BCUT2D eigenvalue weighted by atomic mass is 10.2. The van der Waals surface area contributed by atoms with Crippen LogP contribution >= 0.6 is 0 Å². The van der Waals surface area contributed by atoms with Gasteiger partial charge in [0, 0.05) is 31.9 Å². The van der Waals surface area contributed by atoms with Crippen molar-refractivity contribution in [2.75, 3.05) is 56.2 Å². The Balaban J connectivity index is 2.25. The van der Waals surface area contributed by atoms with Gasteiger partial charge in [-0.1, -0.05) is 0 Å². The zero-order valence-corrected chi connectivity index (χ0v) is 12.9. The number of hydrogen-bond acceptors (Lipinski definition) is 5. The largest absolute Gasteiger partial charge is 0.495 e. The number of ether oxygens (including phenoxy) is 1. The molecule has 2 rings (SSSR count). The first-order valence-corrected chi connectivity index (χ1v) is 8.37. The normalized spacial score (nSPS) is 17.1. The zero-order chi connectivity index (χ0) is 14.8. The van der Waals surface area contributed by atoms with E-state index in [1.165, 1.54) is 7.11 Å². The Morgan fingerprint density at radius 3 is 2.40 bits per heavy atom. The topological polar surface area (TPSA) is 61.9 Å². The van der Waals surface area contributed by atoms with Crippen LogP contribution in [-0.4, -0.2) is 59.9 Å². The standard InChI is InChI=1S/C13H21N3O3S/c1-15-6-8-16(9-7-15)11-4-5-13(19-2)12(10-11)14-20(3,17)18/h4-5,10,14H,6-9H2,1-3H3. The molecule has 0 aliphatic carbocycles. The van der Waals surface area contributed by atoms with Crippen molar-refractivity contribution in [1.29, 1.82) is 0 Å². The lowest BCUT2D eigenvalue weighted by Crippen LogP contribution is -2.44. The number of hydrogen-bond donors (Lipinski definition) is 1.